The maximum absolute atomic E-state index is 12.5. The lowest BCUT2D eigenvalue weighted by atomic mass is 9.93. The highest BCUT2D eigenvalue weighted by molar-refractivity contribution is 7.98. The Kier molecular flexibility index (Phi) is 4.15. The summed E-state index contributed by atoms with van der Waals surface area (Å²) >= 11 is 1.64. The fraction of sp³-hybridized carbons (Fsp3) is 0.235. The lowest BCUT2D eigenvalue weighted by Gasteiger charge is -2.25. The van der Waals surface area contributed by atoms with Crippen LogP contribution in [0.1, 0.15) is 5.56 Å². The molecule has 1 atom stereocenters. The molecule has 3 nitrogen and oxygen atoms in total. The predicted octanol–water partition coefficient (Wildman–Crippen LogP) is 3.63. The molecule has 2 N–H and O–H groups in total. The summed E-state index contributed by atoms with van der Waals surface area (Å²) < 4.78 is 0. The van der Waals surface area contributed by atoms with Crippen molar-refractivity contribution in [2.45, 2.75) is 11.3 Å². The smallest absolute Gasteiger partial charge is 0.229 e. The average molecular weight is 298 g/mol. The number of hydrogen-bond acceptors (Lipinski definition) is 3. The third-order valence-electron chi connectivity index (χ3n) is 3.76. The number of hydrogen-bond donors (Lipinski definition) is 2. The van der Waals surface area contributed by atoms with Crippen molar-refractivity contribution < 1.29 is 4.79 Å². The summed E-state index contributed by atoms with van der Waals surface area (Å²) in [5.74, 6) is 0.0494. The number of carbonyl (C=O) groups is 1. The number of para-hydroxylation sites is 2. The zero-order chi connectivity index (χ0) is 14.7. The van der Waals surface area contributed by atoms with Gasteiger partial charge in [-0.15, -0.1) is 11.8 Å². The van der Waals surface area contributed by atoms with Crippen LogP contribution in [-0.4, -0.2) is 18.7 Å². The largest absolute Gasteiger partial charge is 0.384 e. The van der Waals surface area contributed by atoms with E-state index in [0.29, 0.717) is 6.54 Å². The highest BCUT2D eigenvalue weighted by Gasteiger charge is 2.24. The van der Waals surface area contributed by atoms with Gasteiger partial charge in [-0.1, -0.05) is 30.3 Å². The van der Waals surface area contributed by atoms with Crippen molar-refractivity contribution in [2.24, 2.45) is 5.92 Å². The van der Waals surface area contributed by atoms with Gasteiger partial charge in [-0.05, 0) is 36.4 Å². The molecule has 0 spiro atoms. The standard InChI is InChI=1S/C17H18N2OS/c1-21-16-9-5-4-8-15(16)19-17(20)13-10-12-6-2-3-7-14(12)18-11-13/h2-9,13,18H,10-11H2,1H3,(H,19,20). The number of carbonyl (C=O) groups excluding carboxylic acids is 1. The van der Waals surface area contributed by atoms with Crippen LogP contribution in [0.25, 0.3) is 0 Å². The van der Waals surface area contributed by atoms with E-state index in [4.69, 9.17) is 0 Å². The number of rotatable bonds is 3. The van der Waals surface area contributed by atoms with Gasteiger partial charge in [0.2, 0.25) is 5.91 Å². The molecule has 0 radical (unpaired) electrons. The lowest BCUT2D eigenvalue weighted by molar-refractivity contribution is -0.119. The first kappa shape index (κ1) is 14.0. The zero-order valence-electron chi connectivity index (χ0n) is 11.9. The summed E-state index contributed by atoms with van der Waals surface area (Å²) in [6.07, 6.45) is 2.81. The Balaban J connectivity index is 1.72. The average Bonchev–Trinajstić information content (AvgIpc) is 2.55. The van der Waals surface area contributed by atoms with Crippen molar-refractivity contribution in [3.05, 3.63) is 54.1 Å². The van der Waals surface area contributed by atoms with Crippen molar-refractivity contribution in [1.82, 2.24) is 0 Å². The molecule has 0 aromatic heterocycles. The van der Waals surface area contributed by atoms with E-state index in [-0.39, 0.29) is 11.8 Å². The molecule has 1 amide bonds. The molecular formula is C17H18N2OS. The minimum atomic E-state index is -0.0326. The molecule has 1 aliphatic heterocycles. The number of fused-ring (bicyclic) bond motifs is 1. The summed E-state index contributed by atoms with van der Waals surface area (Å²) in [6, 6.07) is 16.1. The fourth-order valence-corrected chi connectivity index (χ4v) is 3.16. The minimum absolute atomic E-state index is 0.0326. The monoisotopic (exact) mass is 298 g/mol. The number of anilines is 2. The van der Waals surface area contributed by atoms with Crippen molar-refractivity contribution in [1.29, 1.82) is 0 Å². The molecule has 0 saturated carbocycles. The van der Waals surface area contributed by atoms with Gasteiger partial charge in [-0.25, -0.2) is 0 Å². The van der Waals surface area contributed by atoms with Gasteiger partial charge in [0.15, 0.2) is 0 Å². The number of thioether (sulfide) groups is 1. The first-order valence-electron chi connectivity index (χ1n) is 7.03. The van der Waals surface area contributed by atoms with E-state index in [0.717, 1.165) is 22.7 Å². The van der Waals surface area contributed by atoms with Crippen LogP contribution in [0.5, 0.6) is 0 Å². The van der Waals surface area contributed by atoms with Crippen LogP contribution in [0.15, 0.2) is 53.4 Å². The molecule has 3 rings (SSSR count). The Labute approximate surface area is 129 Å². The van der Waals surface area contributed by atoms with Gasteiger partial charge in [0.25, 0.3) is 0 Å². The maximum Gasteiger partial charge on any atom is 0.229 e. The van der Waals surface area contributed by atoms with Crippen LogP contribution in [0.4, 0.5) is 11.4 Å². The van der Waals surface area contributed by atoms with E-state index < -0.39 is 0 Å². The highest BCUT2D eigenvalue weighted by Crippen LogP contribution is 2.28. The molecule has 108 valence electrons. The second-order valence-corrected chi connectivity index (χ2v) is 5.98. The van der Waals surface area contributed by atoms with Crippen LogP contribution < -0.4 is 10.6 Å². The molecule has 2 aromatic rings. The number of benzene rings is 2. The molecule has 4 heteroatoms. The first-order valence-corrected chi connectivity index (χ1v) is 8.26. The second-order valence-electron chi connectivity index (χ2n) is 5.13. The van der Waals surface area contributed by atoms with Crippen molar-refractivity contribution in [3.8, 4) is 0 Å². The number of nitrogens with one attached hydrogen (secondary N) is 2. The Hall–Kier alpha value is -1.94. The van der Waals surface area contributed by atoms with Gasteiger partial charge in [0.1, 0.15) is 0 Å². The molecule has 1 heterocycles. The SMILES string of the molecule is CSc1ccccc1NC(=O)C1CNc2ccccc2C1. The normalized spacial score (nSPS) is 16.7. The van der Waals surface area contributed by atoms with Crippen molar-refractivity contribution in [2.75, 3.05) is 23.4 Å². The molecule has 0 aliphatic carbocycles. The van der Waals surface area contributed by atoms with E-state index in [1.165, 1.54) is 5.56 Å². The summed E-state index contributed by atoms with van der Waals surface area (Å²) in [7, 11) is 0. The van der Waals surface area contributed by atoms with E-state index in [1.54, 1.807) is 11.8 Å². The Morgan fingerprint density at radius 2 is 1.95 bits per heavy atom. The first-order chi connectivity index (χ1) is 10.3. The van der Waals surface area contributed by atoms with Gasteiger partial charge in [0.05, 0.1) is 11.6 Å². The Morgan fingerprint density at radius 3 is 2.81 bits per heavy atom. The minimum Gasteiger partial charge on any atom is -0.384 e. The van der Waals surface area contributed by atoms with E-state index in [1.807, 2.05) is 42.7 Å². The van der Waals surface area contributed by atoms with Gasteiger partial charge in [-0.2, -0.15) is 0 Å². The molecule has 0 saturated heterocycles. The zero-order valence-corrected chi connectivity index (χ0v) is 12.7. The van der Waals surface area contributed by atoms with Gasteiger partial charge in [0, 0.05) is 17.1 Å². The Morgan fingerprint density at radius 1 is 1.19 bits per heavy atom. The maximum atomic E-state index is 12.5. The Bertz CT molecular complexity index is 657. The van der Waals surface area contributed by atoms with Crippen LogP contribution >= 0.6 is 11.8 Å². The quantitative estimate of drug-likeness (QED) is 0.850. The topological polar surface area (TPSA) is 41.1 Å². The van der Waals surface area contributed by atoms with Gasteiger partial charge in [-0.3, -0.25) is 4.79 Å². The van der Waals surface area contributed by atoms with Crippen LogP contribution in [-0.2, 0) is 11.2 Å². The van der Waals surface area contributed by atoms with Crippen molar-refractivity contribution in [3.63, 3.8) is 0 Å². The molecule has 1 unspecified atom stereocenters. The molecule has 1 aliphatic rings. The molecule has 0 bridgehead atoms. The highest BCUT2D eigenvalue weighted by atomic mass is 32.2. The van der Waals surface area contributed by atoms with E-state index >= 15 is 0 Å². The summed E-state index contributed by atoms with van der Waals surface area (Å²) in [5, 5.41) is 6.40. The fourth-order valence-electron chi connectivity index (χ4n) is 2.61. The predicted molar refractivity (Wildman–Crippen MR) is 89.0 cm³/mol. The third-order valence-corrected chi connectivity index (χ3v) is 4.55. The lowest BCUT2D eigenvalue weighted by Crippen LogP contribution is -2.33. The summed E-state index contributed by atoms with van der Waals surface area (Å²) in [5.41, 5.74) is 3.25. The third kappa shape index (κ3) is 3.05. The summed E-state index contributed by atoms with van der Waals surface area (Å²) in [6.45, 7) is 0.685. The van der Waals surface area contributed by atoms with Crippen LogP contribution in [0.3, 0.4) is 0 Å². The molecule has 0 fully saturated rings. The second kappa shape index (κ2) is 6.22. The number of amides is 1. The summed E-state index contributed by atoms with van der Waals surface area (Å²) in [4.78, 5) is 13.6. The van der Waals surface area contributed by atoms with Crippen molar-refractivity contribution >= 4 is 29.0 Å². The van der Waals surface area contributed by atoms with Crippen LogP contribution in [0.2, 0.25) is 0 Å². The van der Waals surface area contributed by atoms with Crippen LogP contribution in [0, 0.1) is 5.92 Å². The molecular weight excluding hydrogens is 280 g/mol. The molecule has 21 heavy (non-hydrogen) atoms. The van der Waals surface area contributed by atoms with E-state index in [2.05, 4.69) is 22.8 Å². The van der Waals surface area contributed by atoms with Gasteiger partial charge < -0.3 is 10.6 Å². The van der Waals surface area contributed by atoms with Gasteiger partial charge >= 0.3 is 0 Å². The molecule has 2 aromatic carbocycles. The van der Waals surface area contributed by atoms with E-state index in [9.17, 15) is 4.79 Å².